The van der Waals surface area contributed by atoms with Gasteiger partial charge in [-0.1, -0.05) is 78.5 Å². The van der Waals surface area contributed by atoms with E-state index in [0.29, 0.717) is 5.75 Å². The lowest BCUT2D eigenvalue weighted by Crippen LogP contribution is -2.28. The molecule has 1 N–H and O–H groups in total. The van der Waals surface area contributed by atoms with Crippen molar-refractivity contribution in [2.45, 2.75) is 38.5 Å². The van der Waals surface area contributed by atoms with Gasteiger partial charge in [0, 0.05) is 12.1 Å². The number of thioether (sulfide) groups is 1. The molecule has 0 saturated heterocycles. The Morgan fingerprint density at radius 1 is 1.03 bits per heavy atom. The normalized spacial score (nSPS) is 12.1. The Labute approximate surface area is 186 Å². The molecule has 0 saturated carbocycles. The summed E-state index contributed by atoms with van der Waals surface area (Å²) in [6.45, 7) is 6.90. The summed E-state index contributed by atoms with van der Waals surface area (Å²) >= 11 is 1.42. The highest BCUT2D eigenvalue weighted by Gasteiger charge is 2.17. The van der Waals surface area contributed by atoms with Crippen LogP contribution in [0.4, 0.5) is 0 Å². The molecule has 6 heteroatoms. The number of nitrogens with one attached hydrogen (secondary N) is 1. The number of carbonyl (C=O) groups is 1. The molecular weight excluding hydrogens is 404 g/mol. The minimum absolute atomic E-state index is 0.0199. The summed E-state index contributed by atoms with van der Waals surface area (Å²) in [4.78, 5) is 12.7. The lowest BCUT2D eigenvalue weighted by molar-refractivity contribution is -0.119. The molecule has 0 bridgehead atoms. The molecule has 0 spiro atoms. The summed E-state index contributed by atoms with van der Waals surface area (Å²) in [5.41, 5.74) is 3.34. The summed E-state index contributed by atoms with van der Waals surface area (Å²) in [6, 6.07) is 22.5. The van der Waals surface area contributed by atoms with Crippen molar-refractivity contribution in [3.8, 4) is 11.4 Å². The molecule has 0 radical (unpaired) electrons. The zero-order valence-electron chi connectivity index (χ0n) is 18.0. The van der Waals surface area contributed by atoms with Crippen LogP contribution in [0.5, 0.6) is 0 Å². The number of rotatable bonds is 7. The molecule has 4 aromatic rings. The van der Waals surface area contributed by atoms with Gasteiger partial charge in [-0.2, -0.15) is 0 Å². The molecular formula is C25H26N4OS. The standard InChI is InChI=1S/C25H26N4OS/c1-4-29-24(20-13-7-5-10-17(20)2)27-28-25(29)31-16-23(30)26-18(3)21-15-9-12-19-11-6-8-14-22(19)21/h5-15,18H,4,16H2,1-3H3,(H,26,30). The van der Waals surface area contributed by atoms with Gasteiger partial charge in [0.05, 0.1) is 11.8 Å². The van der Waals surface area contributed by atoms with Crippen LogP contribution in [-0.2, 0) is 11.3 Å². The van der Waals surface area contributed by atoms with Crippen molar-refractivity contribution in [3.63, 3.8) is 0 Å². The molecule has 158 valence electrons. The van der Waals surface area contributed by atoms with Crippen molar-refractivity contribution >= 4 is 28.4 Å². The fourth-order valence-corrected chi connectivity index (χ4v) is 4.64. The second-order valence-corrected chi connectivity index (χ2v) is 8.45. The van der Waals surface area contributed by atoms with Crippen LogP contribution in [0.15, 0.2) is 71.9 Å². The highest BCUT2D eigenvalue weighted by Crippen LogP contribution is 2.27. The van der Waals surface area contributed by atoms with E-state index in [2.05, 4.69) is 70.3 Å². The fraction of sp³-hybridized carbons (Fsp3) is 0.240. The Morgan fingerprint density at radius 3 is 2.58 bits per heavy atom. The van der Waals surface area contributed by atoms with E-state index >= 15 is 0 Å². The lowest BCUT2D eigenvalue weighted by Gasteiger charge is -2.16. The van der Waals surface area contributed by atoms with Gasteiger partial charge in [0.1, 0.15) is 0 Å². The first-order valence-corrected chi connectivity index (χ1v) is 11.5. The van der Waals surface area contributed by atoms with Crippen molar-refractivity contribution in [1.29, 1.82) is 0 Å². The molecule has 4 rings (SSSR count). The number of amides is 1. The number of hydrogen-bond donors (Lipinski definition) is 1. The number of aromatic nitrogens is 3. The number of fused-ring (bicyclic) bond motifs is 1. The van der Waals surface area contributed by atoms with Crippen LogP contribution in [0.2, 0.25) is 0 Å². The quantitative estimate of drug-likeness (QED) is 0.399. The zero-order chi connectivity index (χ0) is 21.8. The third kappa shape index (κ3) is 4.49. The van der Waals surface area contributed by atoms with E-state index in [1.165, 1.54) is 22.5 Å². The molecule has 3 aromatic carbocycles. The number of hydrogen-bond acceptors (Lipinski definition) is 4. The monoisotopic (exact) mass is 430 g/mol. The van der Waals surface area contributed by atoms with Gasteiger partial charge in [0.25, 0.3) is 0 Å². The predicted octanol–water partition coefficient (Wildman–Crippen LogP) is 5.40. The van der Waals surface area contributed by atoms with Crippen LogP contribution in [-0.4, -0.2) is 26.4 Å². The predicted molar refractivity (Wildman–Crippen MR) is 127 cm³/mol. The summed E-state index contributed by atoms with van der Waals surface area (Å²) in [7, 11) is 0. The summed E-state index contributed by atoms with van der Waals surface area (Å²) in [5.74, 6) is 1.11. The Kier molecular flexibility index (Phi) is 6.37. The molecule has 31 heavy (non-hydrogen) atoms. The molecule has 0 aliphatic carbocycles. The van der Waals surface area contributed by atoms with Gasteiger partial charge in [0.2, 0.25) is 5.91 Å². The molecule has 1 unspecified atom stereocenters. The van der Waals surface area contributed by atoms with E-state index in [0.717, 1.165) is 34.2 Å². The number of benzene rings is 3. The topological polar surface area (TPSA) is 59.8 Å². The number of nitrogens with zero attached hydrogens (tertiary/aromatic N) is 3. The SMILES string of the molecule is CCn1c(SCC(=O)NC(C)c2cccc3ccccc23)nnc1-c1ccccc1C. The fourth-order valence-electron chi connectivity index (χ4n) is 3.82. The van der Waals surface area contributed by atoms with Crippen molar-refractivity contribution in [3.05, 3.63) is 77.9 Å². The summed E-state index contributed by atoms with van der Waals surface area (Å²) in [6.07, 6.45) is 0. The van der Waals surface area contributed by atoms with E-state index in [1.807, 2.05) is 37.3 Å². The minimum atomic E-state index is -0.0780. The van der Waals surface area contributed by atoms with E-state index in [4.69, 9.17) is 0 Å². The maximum atomic E-state index is 12.7. The van der Waals surface area contributed by atoms with Crippen LogP contribution in [0.25, 0.3) is 22.2 Å². The second kappa shape index (κ2) is 9.35. The Hall–Kier alpha value is -3.12. The molecule has 5 nitrogen and oxygen atoms in total. The Morgan fingerprint density at radius 2 is 1.77 bits per heavy atom. The second-order valence-electron chi connectivity index (χ2n) is 7.51. The molecule has 1 aromatic heterocycles. The highest BCUT2D eigenvalue weighted by atomic mass is 32.2. The number of aryl methyl sites for hydroxylation is 1. The van der Waals surface area contributed by atoms with Gasteiger partial charge >= 0.3 is 0 Å². The van der Waals surface area contributed by atoms with Crippen LogP contribution < -0.4 is 5.32 Å². The van der Waals surface area contributed by atoms with Crippen LogP contribution in [0, 0.1) is 6.92 Å². The maximum absolute atomic E-state index is 12.7. The maximum Gasteiger partial charge on any atom is 0.230 e. The smallest absolute Gasteiger partial charge is 0.230 e. The third-order valence-electron chi connectivity index (χ3n) is 5.42. The molecule has 1 atom stereocenters. The van der Waals surface area contributed by atoms with Crippen LogP contribution in [0.1, 0.15) is 31.0 Å². The van der Waals surface area contributed by atoms with Gasteiger partial charge in [-0.25, -0.2) is 0 Å². The van der Waals surface area contributed by atoms with E-state index in [-0.39, 0.29) is 11.9 Å². The van der Waals surface area contributed by atoms with Crippen molar-refractivity contribution in [1.82, 2.24) is 20.1 Å². The van der Waals surface area contributed by atoms with Gasteiger partial charge in [-0.15, -0.1) is 10.2 Å². The zero-order valence-corrected chi connectivity index (χ0v) is 18.8. The summed E-state index contributed by atoms with van der Waals surface area (Å²) < 4.78 is 2.06. The number of carbonyl (C=O) groups excluding carboxylic acids is 1. The van der Waals surface area contributed by atoms with E-state index in [1.54, 1.807) is 0 Å². The molecule has 1 heterocycles. The van der Waals surface area contributed by atoms with Crippen molar-refractivity contribution < 1.29 is 4.79 Å². The largest absolute Gasteiger partial charge is 0.349 e. The van der Waals surface area contributed by atoms with Crippen LogP contribution >= 0.6 is 11.8 Å². The summed E-state index contributed by atoms with van der Waals surface area (Å²) in [5, 5.41) is 15.0. The average Bonchev–Trinajstić information content (AvgIpc) is 3.20. The van der Waals surface area contributed by atoms with Crippen molar-refractivity contribution in [2.24, 2.45) is 0 Å². The Bertz CT molecular complexity index is 1210. The van der Waals surface area contributed by atoms with E-state index < -0.39 is 0 Å². The first-order chi connectivity index (χ1) is 15.1. The molecule has 0 aliphatic heterocycles. The van der Waals surface area contributed by atoms with Gasteiger partial charge < -0.3 is 9.88 Å². The van der Waals surface area contributed by atoms with Gasteiger partial charge in [0.15, 0.2) is 11.0 Å². The molecule has 0 fully saturated rings. The average molecular weight is 431 g/mol. The van der Waals surface area contributed by atoms with Crippen molar-refractivity contribution in [2.75, 3.05) is 5.75 Å². The minimum Gasteiger partial charge on any atom is -0.349 e. The first-order valence-electron chi connectivity index (χ1n) is 10.5. The lowest BCUT2D eigenvalue weighted by atomic mass is 10.00. The Balaban J connectivity index is 1.45. The molecule has 1 amide bonds. The first kappa shape index (κ1) is 21.1. The molecule has 0 aliphatic rings. The van der Waals surface area contributed by atoms with Gasteiger partial charge in [-0.05, 0) is 42.7 Å². The van der Waals surface area contributed by atoms with Gasteiger partial charge in [-0.3, -0.25) is 4.79 Å². The highest BCUT2D eigenvalue weighted by molar-refractivity contribution is 7.99. The van der Waals surface area contributed by atoms with E-state index in [9.17, 15) is 4.79 Å². The van der Waals surface area contributed by atoms with Crippen LogP contribution in [0.3, 0.4) is 0 Å². The third-order valence-corrected chi connectivity index (χ3v) is 6.39.